The topological polar surface area (TPSA) is 51.3 Å². The Morgan fingerprint density at radius 3 is 2.71 bits per heavy atom. The molecule has 1 aromatic carbocycles. The van der Waals surface area contributed by atoms with Gasteiger partial charge in [-0.25, -0.2) is 0 Å². The average molecular weight is 287 g/mol. The van der Waals surface area contributed by atoms with Crippen molar-refractivity contribution in [2.75, 3.05) is 32.8 Å². The van der Waals surface area contributed by atoms with Crippen LogP contribution in [0.4, 0.5) is 0 Å². The summed E-state index contributed by atoms with van der Waals surface area (Å²) >= 11 is 0. The number of piperazine rings is 1. The van der Waals surface area contributed by atoms with E-state index in [1.807, 2.05) is 6.20 Å². The highest BCUT2D eigenvalue weighted by molar-refractivity contribution is 5.80. The standard InChI is InChI=1S/C17H25N3O/c1-17(2,12-21)16(20-9-7-18-8-10-20)14-3-4-15-13(11-14)5-6-19-15/h3-6,11,16,18-19,21H,7-10,12H2,1-2H3/t16-/m1/s1. The lowest BCUT2D eigenvalue weighted by Crippen LogP contribution is -2.49. The van der Waals surface area contributed by atoms with Crippen LogP contribution in [0.2, 0.25) is 0 Å². The van der Waals surface area contributed by atoms with E-state index in [-0.39, 0.29) is 18.1 Å². The van der Waals surface area contributed by atoms with E-state index in [2.05, 4.69) is 53.3 Å². The number of fused-ring (bicyclic) bond motifs is 1. The van der Waals surface area contributed by atoms with Gasteiger partial charge in [-0.2, -0.15) is 0 Å². The highest BCUT2D eigenvalue weighted by Gasteiger charge is 2.35. The van der Waals surface area contributed by atoms with E-state index < -0.39 is 0 Å². The number of H-pyrrole nitrogens is 1. The largest absolute Gasteiger partial charge is 0.396 e. The summed E-state index contributed by atoms with van der Waals surface area (Å²) in [7, 11) is 0. The molecule has 1 aromatic heterocycles. The molecule has 1 fully saturated rings. The van der Waals surface area contributed by atoms with Gasteiger partial charge in [0.05, 0.1) is 0 Å². The maximum absolute atomic E-state index is 9.88. The molecule has 3 rings (SSSR count). The first-order valence-corrected chi connectivity index (χ1v) is 7.74. The second-order valence-electron chi connectivity index (χ2n) is 6.66. The number of nitrogens with zero attached hydrogens (tertiary/aromatic N) is 1. The van der Waals surface area contributed by atoms with Crippen molar-refractivity contribution in [1.29, 1.82) is 0 Å². The zero-order valence-corrected chi connectivity index (χ0v) is 12.9. The van der Waals surface area contributed by atoms with Gasteiger partial charge in [-0.05, 0) is 29.1 Å². The Bertz CT molecular complexity index is 599. The number of nitrogens with one attached hydrogen (secondary N) is 2. The SMILES string of the molecule is CC(C)(CO)[C@@H](c1ccc2[nH]ccc2c1)N1CCNCC1. The van der Waals surface area contributed by atoms with Gasteiger partial charge in [-0.3, -0.25) is 4.90 Å². The first-order valence-electron chi connectivity index (χ1n) is 7.74. The fraction of sp³-hybridized carbons (Fsp3) is 0.529. The number of aromatic nitrogens is 1. The van der Waals surface area contributed by atoms with Gasteiger partial charge in [0.2, 0.25) is 0 Å². The number of rotatable bonds is 4. The van der Waals surface area contributed by atoms with Crippen molar-refractivity contribution < 1.29 is 5.11 Å². The molecule has 0 unspecified atom stereocenters. The van der Waals surface area contributed by atoms with Gasteiger partial charge in [-0.1, -0.05) is 19.9 Å². The number of aliphatic hydroxyl groups excluding tert-OH is 1. The van der Waals surface area contributed by atoms with Gasteiger partial charge in [0.25, 0.3) is 0 Å². The summed E-state index contributed by atoms with van der Waals surface area (Å²) in [4.78, 5) is 5.75. The lowest BCUT2D eigenvalue weighted by molar-refractivity contribution is 0.0306. The minimum atomic E-state index is -0.165. The molecular formula is C17H25N3O. The molecule has 4 nitrogen and oxygen atoms in total. The summed E-state index contributed by atoms with van der Waals surface area (Å²) in [5, 5.41) is 14.5. The second kappa shape index (κ2) is 5.79. The van der Waals surface area contributed by atoms with Crippen LogP contribution in [-0.2, 0) is 0 Å². The molecule has 0 aliphatic carbocycles. The van der Waals surface area contributed by atoms with Crippen molar-refractivity contribution in [3.05, 3.63) is 36.0 Å². The molecule has 1 atom stereocenters. The Morgan fingerprint density at radius 1 is 1.24 bits per heavy atom. The summed E-state index contributed by atoms with van der Waals surface area (Å²) in [5.74, 6) is 0. The van der Waals surface area contributed by atoms with Crippen molar-refractivity contribution >= 4 is 10.9 Å². The molecule has 1 saturated heterocycles. The van der Waals surface area contributed by atoms with Crippen LogP contribution in [0.5, 0.6) is 0 Å². The van der Waals surface area contributed by atoms with Gasteiger partial charge >= 0.3 is 0 Å². The molecule has 1 aliphatic heterocycles. The predicted octanol–water partition coefficient (Wildman–Crippen LogP) is 2.13. The Balaban J connectivity index is 2.00. The van der Waals surface area contributed by atoms with E-state index in [0.717, 1.165) is 26.2 Å². The molecule has 0 amide bonds. The van der Waals surface area contributed by atoms with Crippen LogP contribution in [0.15, 0.2) is 30.5 Å². The molecular weight excluding hydrogens is 262 g/mol. The third-order valence-corrected chi connectivity index (χ3v) is 4.56. The van der Waals surface area contributed by atoms with Crippen LogP contribution in [0, 0.1) is 5.41 Å². The molecule has 2 aromatic rings. The number of hydrogen-bond donors (Lipinski definition) is 3. The molecule has 0 spiro atoms. The van der Waals surface area contributed by atoms with Crippen molar-refractivity contribution in [2.24, 2.45) is 5.41 Å². The smallest absolute Gasteiger partial charge is 0.0500 e. The fourth-order valence-corrected chi connectivity index (χ4v) is 3.42. The van der Waals surface area contributed by atoms with E-state index in [1.165, 1.54) is 16.5 Å². The van der Waals surface area contributed by atoms with Crippen LogP contribution in [0.1, 0.15) is 25.5 Å². The third-order valence-electron chi connectivity index (χ3n) is 4.56. The van der Waals surface area contributed by atoms with Crippen LogP contribution < -0.4 is 5.32 Å². The normalized spacial score (nSPS) is 19.0. The fourth-order valence-electron chi connectivity index (χ4n) is 3.42. The van der Waals surface area contributed by atoms with E-state index in [1.54, 1.807) is 0 Å². The van der Waals surface area contributed by atoms with Crippen molar-refractivity contribution in [1.82, 2.24) is 15.2 Å². The van der Waals surface area contributed by atoms with Crippen LogP contribution in [-0.4, -0.2) is 47.8 Å². The van der Waals surface area contributed by atoms with Gasteiger partial charge in [0.1, 0.15) is 0 Å². The third kappa shape index (κ3) is 2.84. The Kier molecular flexibility index (Phi) is 4.02. The first kappa shape index (κ1) is 14.6. The van der Waals surface area contributed by atoms with Gasteiger partial charge < -0.3 is 15.4 Å². The molecule has 21 heavy (non-hydrogen) atoms. The molecule has 1 aliphatic rings. The minimum Gasteiger partial charge on any atom is -0.396 e. The maximum Gasteiger partial charge on any atom is 0.0500 e. The first-order chi connectivity index (χ1) is 10.1. The van der Waals surface area contributed by atoms with Gasteiger partial charge in [0, 0.05) is 56.0 Å². The van der Waals surface area contributed by atoms with Crippen LogP contribution in [0.25, 0.3) is 10.9 Å². The molecule has 3 N–H and O–H groups in total. The zero-order valence-electron chi connectivity index (χ0n) is 12.9. The number of aliphatic hydroxyl groups is 1. The summed E-state index contributed by atoms with van der Waals surface area (Å²) in [6, 6.07) is 8.95. The van der Waals surface area contributed by atoms with E-state index in [9.17, 15) is 5.11 Å². The van der Waals surface area contributed by atoms with Crippen molar-refractivity contribution in [3.8, 4) is 0 Å². The van der Waals surface area contributed by atoms with E-state index in [0.29, 0.717) is 0 Å². The Hall–Kier alpha value is -1.36. The zero-order chi connectivity index (χ0) is 14.9. The molecule has 0 radical (unpaired) electrons. The number of aromatic amines is 1. The quantitative estimate of drug-likeness (QED) is 0.807. The lowest BCUT2D eigenvalue weighted by atomic mass is 9.79. The molecule has 0 bridgehead atoms. The molecule has 114 valence electrons. The van der Waals surface area contributed by atoms with Crippen LogP contribution in [0.3, 0.4) is 0 Å². The maximum atomic E-state index is 9.88. The second-order valence-corrected chi connectivity index (χ2v) is 6.66. The molecule has 4 heteroatoms. The van der Waals surface area contributed by atoms with Crippen molar-refractivity contribution in [2.45, 2.75) is 19.9 Å². The van der Waals surface area contributed by atoms with E-state index in [4.69, 9.17) is 0 Å². The predicted molar refractivity (Wildman–Crippen MR) is 86.3 cm³/mol. The monoisotopic (exact) mass is 287 g/mol. The Morgan fingerprint density at radius 2 is 2.00 bits per heavy atom. The van der Waals surface area contributed by atoms with Gasteiger partial charge in [0.15, 0.2) is 0 Å². The molecule has 2 heterocycles. The highest BCUT2D eigenvalue weighted by Crippen LogP contribution is 2.39. The van der Waals surface area contributed by atoms with Crippen LogP contribution >= 0.6 is 0 Å². The number of benzene rings is 1. The average Bonchev–Trinajstić information content (AvgIpc) is 2.96. The summed E-state index contributed by atoms with van der Waals surface area (Å²) in [6.45, 7) is 8.59. The highest BCUT2D eigenvalue weighted by atomic mass is 16.3. The molecule has 0 saturated carbocycles. The van der Waals surface area contributed by atoms with Gasteiger partial charge in [-0.15, -0.1) is 0 Å². The van der Waals surface area contributed by atoms with Crippen molar-refractivity contribution in [3.63, 3.8) is 0 Å². The summed E-state index contributed by atoms with van der Waals surface area (Å²) in [5.41, 5.74) is 2.30. The summed E-state index contributed by atoms with van der Waals surface area (Å²) < 4.78 is 0. The number of hydrogen-bond acceptors (Lipinski definition) is 3. The Labute approximate surface area is 126 Å². The lowest BCUT2D eigenvalue weighted by Gasteiger charge is -2.43. The minimum absolute atomic E-state index is 0.165. The van der Waals surface area contributed by atoms with E-state index >= 15 is 0 Å². The summed E-state index contributed by atoms with van der Waals surface area (Å²) in [6.07, 6.45) is 1.98.